The van der Waals surface area contributed by atoms with Crippen molar-refractivity contribution in [2.24, 2.45) is 4.99 Å². The van der Waals surface area contributed by atoms with E-state index >= 15 is 0 Å². The number of nitrogens with zero attached hydrogens (tertiary/aromatic N) is 1. The Kier molecular flexibility index (Phi) is 13.0. The van der Waals surface area contributed by atoms with Gasteiger partial charge in [-0.15, -0.1) is 0 Å². The van der Waals surface area contributed by atoms with Crippen LogP contribution in [0.1, 0.15) is 77.5 Å². The third-order valence-electron chi connectivity index (χ3n) is 6.43. The van der Waals surface area contributed by atoms with Crippen LogP contribution in [-0.2, 0) is 23.8 Å². The zero-order valence-electron chi connectivity index (χ0n) is 25.7. The Balaban J connectivity index is 1.93. The van der Waals surface area contributed by atoms with Gasteiger partial charge in [0.15, 0.2) is 11.6 Å². The maximum atomic E-state index is 14.0. The molecule has 1 aliphatic heterocycles. The first-order chi connectivity index (χ1) is 20.4. The van der Waals surface area contributed by atoms with Gasteiger partial charge in [0.1, 0.15) is 11.4 Å². The number of hydrazine groups is 1. The molecule has 236 valence electrons. The van der Waals surface area contributed by atoms with E-state index in [-0.39, 0.29) is 31.5 Å². The van der Waals surface area contributed by atoms with Gasteiger partial charge >= 0.3 is 5.97 Å². The molecule has 11 heteroatoms. The van der Waals surface area contributed by atoms with Gasteiger partial charge in [0.05, 0.1) is 12.7 Å². The highest BCUT2D eigenvalue weighted by molar-refractivity contribution is 9.10. The fourth-order valence-corrected chi connectivity index (χ4v) is 4.69. The highest BCUT2D eigenvalue weighted by Gasteiger charge is 2.53. The molecule has 43 heavy (non-hydrogen) atoms. The summed E-state index contributed by atoms with van der Waals surface area (Å²) in [6, 6.07) is 14.7. The molecular formula is C32H44BrN3O7. The van der Waals surface area contributed by atoms with Crippen molar-refractivity contribution in [1.29, 1.82) is 0 Å². The Bertz CT molecular complexity index is 1210. The summed E-state index contributed by atoms with van der Waals surface area (Å²) < 4.78 is 24.1. The van der Waals surface area contributed by atoms with Crippen LogP contribution in [0.25, 0.3) is 0 Å². The highest BCUT2D eigenvalue weighted by atomic mass is 79.9. The van der Waals surface area contributed by atoms with Gasteiger partial charge in [-0.25, -0.2) is 10.4 Å². The number of benzene rings is 2. The number of hydrogen-bond acceptors (Lipinski definition) is 9. The first-order valence-corrected chi connectivity index (χ1v) is 15.5. The van der Waals surface area contributed by atoms with Crippen LogP contribution < -0.4 is 15.6 Å². The fraction of sp³-hybridized carbons (Fsp3) is 0.531. The zero-order valence-corrected chi connectivity index (χ0v) is 27.2. The maximum Gasteiger partial charge on any atom is 0.306 e. The average Bonchev–Trinajstić information content (AvgIpc) is 3.34. The normalized spacial score (nSPS) is 18.2. The minimum absolute atomic E-state index is 0.0439. The second-order valence-corrected chi connectivity index (χ2v) is 12.5. The topological polar surface area (TPSA) is 128 Å². The lowest BCUT2D eigenvalue weighted by atomic mass is 9.83. The Morgan fingerprint density at radius 3 is 2.40 bits per heavy atom. The molecule has 1 heterocycles. The lowest BCUT2D eigenvalue weighted by molar-refractivity contribution is -0.155. The smallest absolute Gasteiger partial charge is 0.306 e. The van der Waals surface area contributed by atoms with E-state index in [1.54, 1.807) is 45.0 Å². The van der Waals surface area contributed by atoms with Crippen molar-refractivity contribution in [3.8, 4) is 5.75 Å². The summed E-state index contributed by atoms with van der Waals surface area (Å²) in [6.45, 7) is 10.8. The SMILES string of the molecule is CC(C)OCCCNNC(=O)[C@@]1(CCC(=O)OC(C)(C)C)N=C(c2ccc(OCCCO)cc2)O[C@H]1c1ccc(Br)cc1. The molecule has 2 atom stereocenters. The molecule has 0 fully saturated rings. The third-order valence-corrected chi connectivity index (χ3v) is 6.96. The lowest BCUT2D eigenvalue weighted by Crippen LogP contribution is -2.53. The molecule has 0 aromatic heterocycles. The molecule has 0 unspecified atom stereocenters. The summed E-state index contributed by atoms with van der Waals surface area (Å²) in [6.07, 6.45) is 0.542. The number of aliphatic hydroxyl groups is 1. The van der Waals surface area contributed by atoms with Crippen molar-refractivity contribution in [2.45, 2.75) is 83.6 Å². The quantitative estimate of drug-likeness (QED) is 0.130. The van der Waals surface area contributed by atoms with E-state index in [1.165, 1.54) is 0 Å². The molecule has 0 saturated carbocycles. The van der Waals surface area contributed by atoms with Gasteiger partial charge in [0, 0.05) is 42.6 Å². The average molecular weight is 663 g/mol. The van der Waals surface area contributed by atoms with Gasteiger partial charge in [0.2, 0.25) is 5.90 Å². The van der Waals surface area contributed by atoms with E-state index in [1.807, 2.05) is 38.1 Å². The summed E-state index contributed by atoms with van der Waals surface area (Å²) >= 11 is 3.47. The molecule has 1 amide bonds. The number of amides is 1. The van der Waals surface area contributed by atoms with Crippen molar-refractivity contribution < 1.29 is 33.6 Å². The number of ether oxygens (including phenoxy) is 4. The Hall–Kier alpha value is -2.99. The van der Waals surface area contributed by atoms with Crippen LogP contribution in [0.2, 0.25) is 0 Å². The molecule has 0 bridgehead atoms. The van der Waals surface area contributed by atoms with Crippen LogP contribution in [-0.4, -0.2) is 66.5 Å². The van der Waals surface area contributed by atoms with Crippen LogP contribution in [0.4, 0.5) is 0 Å². The van der Waals surface area contributed by atoms with Crippen molar-refractivity contribution in [1.82, 2.24) is 10.9 Å². The fourth-order valence-electron chi connectivity index (χ4n) is 4.42. The molecule has 10 nitrogen and oxygen atoms in total. The summed E-state index contributed by atoms with van der Waals surface area (Å²) in [5.41, 5.74) is 5.05. The summed E-state index contributed by atoms with van der Waals surface area (Å²) in [5, 5.41) is 9.02. The summed E-state index contributed by atoms with van der Waals surface area (Å²) in [4.78, 5) is 31.8. The second kappa shape index (κ2) is 16.2. The van der Waals surface area contributed by atoms with Gasteiger partial charge < -0.3 is 24.1 Å². The maximum absolute atomic E-state index is 14.0. The van der Waals surface area contributed by atoms with Crippen LogP contribution in [0, 0.1) is 0 Å². The summed E-state index contributed by atoms with van der Waals surface area (Å²) in [7, 11) is 0. The molecule has 0 spiro atoms. The Labute approximate surface area is 262 Å². The molecule has 0 saturated heterocycles. The Morgan fingerprint density at radius 2 is 1.77 bits per heavy atom. The predicted molar refractivity (Wildman–Crippen MR) is 168 cm³/mol. The molecule has 3 N–H and O–H groups in total. The van der Waals surface area contributed by atoms with Gasteiger partial charge in [-0.05, 0) is 89.4 Å². The van der Waals surface area contributed by atoms with E-state index in [0.29, 0.717) is 43.9 Å². The first-order valence-electron chi connectivity index (χ1n) is 14.7. The van der Waals surface area contributed by atoms with Crippen molar-refractivity contribution in [3.05, 3.63) is 64.1 Å². The molecule has 2 aromatic rings. The predicted octanol–water partition coefficient (Wildman–Crippen LogP) is 5.03. The Morgan fingerprint density at radius 1 is 1.07 bits per heavy atom. The molecule has 1 aliphatic rings. The molecular weight excluding hydrogens is 618 g/mol. The van der Waals surface area contributed by atoms with Gasteiger partial charge in [-0.3, -0.25) is 15.0 Å². The number of halogens is 1. The van der Waals surface area contributed by atoms with Crippen molar-refractivity contribution in [3.63, 3.8) is 0 Å². The number of rotatable bonds is 16. The molecule has 3 rings (SSSR count). The number of aliphatic imine (C=N–C) groups is 1. The van der Waals surface area contributed by atoms with Crippen LogP contribution in [0.3, 0.4) is 0 Å². The van der Waals surface area contributed by atoms with Crippen molar-refractivity contribution >= 4 is 33.7 Å². The number of aliphatic hydroxyl groups excluding tert-OH is 1. The van der Waals surface area contributed by atoms with E-state index in [9.17, 15) is 9.59 Å². The highest BCUT2D eigenvalue weighted by Crippen LogP contribution is 2.43. The number of carbonyl (C=O) groups is 2. The standard InChI is InChI=1S/C32H44BrN3O7/c1-22(2)40-20-6-18-34-36-30(39)32(17-16-27(38)43-31(3,4)5)28(23-8-12-25(33)13-9-23)42-29(35-32)24-10-14-26(15-11-24)41-21-7-19-37/h8-15,22,28,34,37H,6-7,16-21H2,1-5H3,(H,36,39)/t28-,32-/m0/s1. The zero-order chi connectivity index (χ0) is 31.5. The van der Waals surface area contributed by atoms with Gasteiger partial charge in [-0.2, -0.15) is 0 Å². The minimum Gasteiger partial charge on any atom is -0.494 e. The molecule has 0 aliphatic carbocycles. The molecule has 0 radical (unpaired) electrons. The molecule has 2 aromatic carbocycles. The van der Waals surface area contributed by atoms with Crippen LogP contribution in [0.5, 0.6) is 5.75 Å². The van der Waals surface area contributed by atoms with E-state index in [4.69, 9.17) is 29.0 Å². The second-order valence-electron chi connectivity index (χ2n) is 11.6. The first kappa shape index (κ1) is 34.5. The van der Waals surface area contributed by atoms with E-state index in [2.05, 4.69) is 26.8 Å². The largest absolute Gasteiger partial charge is 0.494 e. The minimum atomic E-state index is -1.47. The van der Waals surface area contributed by atoms with E-state index < -0.39 is 29.1 Å². The van der Waals surface area contributed by atoms with Gasteiger partial charge in [0.25, 0.3) is 5.91 Å². The van der Waals surface area contributed by atoms with Crippen LogP contribution >= 0.6 is 15.9 Å². The number of carbonyl (C=O) groups excluding carboxylic acids is 2. The van der Waals surface area contributed by atoms with Gasteiger partial charge in [-0.1, -0.05) is 28.1 Å². The number of nitrogens with one attached hydrogen (secondary N) is 2. The van der Waals surface area contributed by atoms with Crippen LogP contribution in [0.15, 0.2) is 58.0 Å². The van der Waals surface area contributed by atoms with E-state index in [0.717, 1.165) is 10.0 Å². The third kappa shape index (κ3) is 10.6. The monoisotopic (exact) mass is 661 g/mol. The van der Waals surface area contributed by atoms with Crippen molar-refractivity contribution in [2.75, 3.05) is 26.4 Å². The number of hydrogen-bond donors (Lipinski definition) is 3. The lowest BCUT2D eigenvalue weighted by Gasteiger charge is -2.31. The summed E-state index contributed by atoms with van der Waals surface area (Å²) in [5.74, 6) is 0.0631. The number of esters is 1.